The van der Waals surface area contributed by atoms with E-state index in [4.69, 9.17) is 4.74 Å². The van der Waals surface area contributed by atoms with Gasteiger partial charge in [-0.05, 0) is 45.6 Å². The highest BCUT2D eigenvalue weighted by molar-refractivity contribution is 5.20. The van der Waals surface area contributed by atoms with Crippen molar-refractivity contribution in [2.45, 2.75) is 57.6 Å². The second-order valence-corrected chi connectivity index (χ2v) is 4.93. The molecule has 15 heavy (non-hydrogen) atoms. The Bertz CT molecular complexity index is 241. The van der Waals surface area contributed by atoms with E-state index in [2.05, 4.69) is 25.2 Å². The lowest BCUT2D eigenvalue weighted by molar-refractivity contribution is -0.00180. The summed E-state index contributed by atoms with van der Waals surface area (Å²) in [6.45, 7) is 6.42. The van der Waals surface area contributed by atoms with Crippen molar-refractivity contribution in [3.05, 3.63) is 11.6 Å². The van der Waals surface area contributed by atoms with Gasteiger partial charge in [-0.2, -0.15) is 0 Å². The first-order valence-corrected chi connectivity index (χ1v) is 6.32. The van der Waals surface area contributed by atoms with E-state index >= 15 is 0 Å². The second-order valence-electron chi connectivity index (χ2n) is 4.93. The molecule has 2 atom stereocenters. The van der Waals surface area contributed by atoms with Gasteiger partial charge in [0.1, 0.15) is 0 Å². The molecule has 0 radical (unpaired) electrons. The van der Waals surface area contributed by atoms with Gasteiger partial charge >= 0.3 is 0 Å². The van der Waals surface area contributed by atoms with Gasteiger partial charge in [0.2, 0.25) is 0 Å². The summed E-state index contributed by atoms with van der Waals surface area (Å²) in [6.07, 6.45) is 8.67. The molecule has 1 heterocycles. The third-order valence-corrected chi connectivity index (χ3v) is 3.72. The molecule has 2 unspecified atom stereocenters. The second kappa shape index (κ2) is 4.67. The van der Waals surface area contributed by atoms with Crippen molar-refractivity contribution in [2.75, 3.05) is 13.2 Å². The fraction of sp³-hybridized carbons (Fsp3) is 0.846. The Kier molecular flexibility index (Phi) is 3.47. The Balaban J connectivity index is 2.10. The average Bonchev–Trinajstić information content (AvgIpc) is 2.85. The van der Waals surface area contributed by atoms with Crippen molar-refractivity contribution in [2.24, 2.45) is 0 Å². The minimum Gasteiger partial charge on any atom is -0.373 e. The summed E-state index contributed by atoms with van der Waals surface area (Å²) in [7, 11) is 0. The highest BCUT2D eigenvalue weighted by atomic mass is 16.5. The zero-order chi connectivity index (χ0) is 10.7. The summed E-state index contributed by atoms with van der Waals surface area (Å²) in [4.78, 5) is 0. The molecule has 0 aromatic rings. The molecule has 0 amide bonds. The van der Waals surface area contributed by atoms with Crippen molar-refractivity contribution in [3.8, 4) is 0 Å². The van der Waals surface area contributed by atoms with Crippen LogP contribution in [0.5, 0.6) is 0 Å². The highest BCUT2D eigenvalue weighted by Gasteiger charge is 2.39. The Morgan fingerprint density at radius 3 is 2.93 bits per heavy atom. The molecule has 1 fully saturated rings. The quantitative estimate of drug-likeness (QED) is 0.719. The maximum absolute atomic E-state index is 5.96. The van der Waals surface area contributed by atoms with Gasteiger partial charge in [0, 0.05) is 6.61 Å². The average molecular weight is 209 g/mol. The van der Waals surface area contributed by atoms with E-state index in [1.807, 2.05) is 0 Å². The first-order valence-electron chi connectivity index (χ1n) is 6.32. The molecule has 2 nitrogen and oxygen atoms in total. The summed E-state index contributed by atoms with van der Waals surface area (Å²) >= 11 is 0. The van der Waals surface area contributed by atoms with Crippen molar-refractivity contribution in [1.82, 2.24) is 5.32 Å². The van der Waals surface area contributed by atoms with Gasteiger partial charge in [-0.3, -0.25) is 0 Å². The Hall–Kier alpha value is -0.340. The highest BCUT2D eigenvalue weighted by Crippen LogP contribution is 2.35. The van der Waals surface area contributed by atoms with E-state index in [0.717, 1.165) is 13.2 Å². The lowest BCUT2D eigenvalue weighted by Crippen LogP contribution is -2.49. The summed E-state index contributed by atoms with van der Waals surface area (Å²) < 4.78 is 5.96. The Morgan fingerprint density at radius 2 is 2.40 bits per heavy atom. The first-order chi connectivity index (χ1) is 7.26. The van der Waals surface area contributed by atoms with E-state index < -0.39 is 0 Å². The number of hydrogen-bond acceptors (Lipinski definition) is 2. The van der Waals surface area contributed by atoms with Crippen LogP contribution in [0.1, 0.15) is 46.0 Å². The van der Waals surface area contributed by atoms with Crippen molar-refractivity contribution < 1.29 is 4.74 Å². The lowest BCUT2D eigenvalue weighted by Gasteiger charge is -2.35. The minimum atomic E-state index is 0.0478. The van der Waals surface area contributed by atoms with Crippen molar-refractivity contribution >= 4 is 0 Å². The number of rotatable bonds is 4. The maximum atomic E-state index is 5.96. The van der Waals surface area contributed by atoms with Gasteiger partial charge in [0.05, 0.1) is 11.6 Å². The normalized spacial score (nSPS) is 33.1. The summed E-state index contributed by atoms with van der Waals surface area (Å²) in [5.41, 5.74) is 1.63. The van der Waals surface area contributed by atoms with Crippen LogP contribution in [0.4, 0.5) is 0 Å². The Labute approximate surface area is 93.1 Å². The van der Waals surface area contributed by atoms with Crippen LogP contribution in [0.3, 0.4) is 0 Å². The van der Waals surface area contributed by atoms with Gasteiger partial charge in [-0.25, -0.2) is 0 Å². The smallest absolute Gasteiger partial charge is 0.0845 e. The third kappa shape index (κ3) is 2.26. The number of hydrogen-bond donors (Lipinski definition) is 1. The molecule has 0 saturated carbocycles. The molecule has 0 bridgehead atoms. The molecule has 1 aliphatic heterocycles. The predicted molar refractivity (Wildman–Crippen MR) is 63.0 cm³/mol. The van der Waals surface area contributed by atoms with Crippen LogP contribution in [0.15, 0.2) is 11.6 Å². The van der Waals surface area contributed by atoms with Gasteiger partial charge < -0.3 is 10.1 Å². The SMILES string of the molecule is CCNC(C1=CCCC1)C1(C)CCCO1. The largest absolute Gasteiger partial charge is 0.373 e. The molecule has 1 saturated heterocycles. The first kappa shape index (κ1) is 11.2. The summed E-state index contributed by atoms with van der Waals surface area (Å²) in [5, 5.41) is 3.61. The lowest BCUT2D eigenvalue weighted by atomic mass is 9.87. The van der Waals surface area contributed by atoms with Gasteiger partial charge in [0.25, 0.3) is 0 Å². The monoisotopic (exact) mass is 209 g/mol. The molecule has 2 heteroatoms. The van der Waals surface area contributed by atoms with Crippen LogP contribution in [0, 0.1) is 0 Å². The van der Waals surface area contributed by atoms with E-state index in [-0.39, 0.29) is 5.60 Å². The molecule has 0 aromatic heterocycles. The fourth-order valence-corrected chi connectivity index (χ4v) is 2.93. The molecule has 2 rings (SSSR count). The van der Waals surface area contributed by atoms with E-state index in [0.29, 0.717) is 6.04 Å². The number of nitrogens with one attached hydrogen (secondary N) is 1. The maximum Gasteiger partial charge on any atom is 0.0845 e. The van der Waals surface area contributed by atoms with Crippen molar-refractivity contribution in [1.29, 1.82) is 0 Å². The zero-order valence-corrected chi connectivity index (χ0v) is 10.0. The summed E-state index contributed by atoms with van der Waals surface area (Å²) in [5.74, 6) is 0. The van der Waals surface area contributed by atoms with Crippen LogP contribution in [0.2, 0.25) is 0 Å². The van der Waals surface area contributed by atoms with Gasteiger partial charge in [-0.15, -0.1) is 0 Å². The van der Waals surface area contributed by atoms with E-state index in [9.17, 15) is 0 Å². The van der Waals surface area contributed by atoms with E-state index in [1.54, 1.807) is 5.57 Å². The Morgan fingerprint density at radius 1 is 1.53 bits per heavy atom. The van der Waals surface area contributed by atoms with Crippen LogP contribution in [0.25, 0.3) is 0 Å². The molecule has 0 spiro atoms. The number of ether oxygens (including phenoxy) is 1. The molecular weight excluding hydrogens is 186 g/mol. The topological polar surface area (TPSA) is 21.3 Å². The van der Waals surface area contributed by atoms with E-state index in [1.165, 1.54) is 32.1 Å². The summed E-state index contributed by atoms with van der Waals surface area (Å²) in [6, 6.07) is 0.451. The van der Waals surface area contributed by atoms with Crippen molar-refractivity contribution in [3.63, 3.8) is 0 Å². The number of allylic oxidation sites excluding steroid dienone is 1. The molecule has 1 aliphatic carbocycles. The fourth-order valence-electron chi connectivity index (χ4n) is 2.93. The van der Waals surface area contributed by atoms with Gasteiger partial charge in [-0.1, -0.05) is 18.6 Å². The predicted octanol–water partition coefficient (Wildman–Crippen LogP) is 2.64. The van der Waals surface area contributed by atoms with Crippen LogP contribution in [-0.2, 0) is 4.74 Å². The molecule has 2 aliphatic rings. The van der Waals surface area contributed by atoms with Crippen LogP contribution in [-0.4, -0.2) is 24.8 Å². The molecule has 1 N–H and O–H groups in total. The van der Waals surface area contributed by atoms with Crippen LogP contribution >= 0.6 is 0 Å². The van der Waals surface area contributed by atoms with Gasteiger partial charge in [0.15, 0.2) is 0 Å². The number of likely N-dealkylation sites (N-methyl/N-ethyl adjacent to an activating group) is 1. The molecule has 0 aromatic carbocycles. The molecule has 86 valence electrons. The molecular formula is C13H23NO. The standard InChI is InChI=1S/C13H23NO/c1-3-14-12(11-7-4-5-8-11)13(2)9-6-10-15-13/h7,12,14H,3-6,8-10H2,1-2H3. The zero-order valence-electron chi connectivity index (χ0n) is 10.0. The van der Waals surface area contributed by atoms with Crippen LogP contribution < -0.4 is 5.32 Å². The third-order valence-electron chi connectivity index (χ3n) is 3.72. The minimum absolute atomic E-state index is 0.0478.